The largest absolute Gasteiger partial charge is 0.433 e. The highest BCUT2D eigenvalue weighted by atomic mass is 32.1. The van der Waals surface area contributed by atoms with E-state index in [0.29, 0.717) is 4.88 Å². The maximum atomic E-state index is 12.4. The molecule has 0 aliphatic heterocycles. The molecule has 126 valence electrons. The van der Waals surface area contributed by atoms with E-state index in [-0.39, 0.29) is 23.1 Å². The van der Waals surface area contributed by atoms with Crippen molar-refractivity contribution in [2.75, 3.05) is 6.54 Å². The van der Waals surface area contributed by atoms with Gasteiger partial charge < -0.3 is 15.2 Å². The molecule has 0 bridgehead atoms. The maximum Gasteiger partial charge on any atom is 0.387 e. The molecule has 1 aromatic rings. The maximum absolute atomic E-state index is 12.4. The summed E-state index contributed by atoms with van der Waals surface area (Å²) in [5, 5.41) is 12.8. The van der Waals surface area contributed by atoms with Gasteiger partial charge in [0.25, 0.3) is 5.91 Å². The Morgan fingerprint density at radius 1 is 1.45 bits per heavy atom. The second kappa shape index (κ2) is 7.37. The molecule has 0 radical (unpaired) electrons. The fraction of sp³-hybridized carbons (Fsp3) is 0.667. The molecule has 0 aliphatic rings. The van der Waals surface area contributed by atoms with Gasteiger partial charge in [-0.2, -0.15) is 8.78 Å². The lowest BCUT2D eigenvalue weighted by Crippen LogP contribution is -2.43. The number of alkyl halides is 2. The first-order valence-electron chi connectivity index (χ1n) is 7.06. The van der Waals surface area contributed by atoms with E-state index in [1.54, 1.807) is 6.92 Å². The third kappa shape index (κ3) is 4.91. The van der Waals surface area contributed by atoms with Gasteiger partial charge in [0, 0.05) is 16.8 Å². The number of aliphatic hydroxyl groups is 1. The lowest BCUT2D eigenvalue weighted by molar-refractivity contribution is -0.0498. The standard InChI is InChI=1S/C15H23F2NO3S/c1-8(2)12(19)15(4,5)7-18-13(20)11-10(21-14(16)17)6-9(3)22-11/h6,8,12,14,19H,7H2,1-5H3,(H,18,20). The van der Waals surface area contributed by atoms with Gasteiger partial charge in [0.05, 0.1) is 6.10 Å². The fourth-order valence-electron chi connectivity index (χ4n) is 2.23. The number of nitrogens with one attached hydrogen (secondary N) is 1. The lowest BCUT2D eigenvalue weighted by atomic mass is 9.81. The summed E-state index contributed by atoms with van der Waals surface area (Å²) in [5.41, 5.74) is -0.528. The number of carbonyl (C=O) groups is 1. The van der Waals surface area contributed by atoms with E-state index in [0.717, 1.165) is 11.3 Å². The zero-order chi connectivity index (χ0) is 17.1. The number of rotatable bonds is 7. The van der Waals surface area contributed by atoms with Gasteiger partial charge in [-0.1, -0.05) is 27.7 Å². The molecule has 0 aromatic carbocycles. The smallest absolute Gasteiger partial charge is 0.387 e. The monoisotopic (exact) mass is 335 g/mol. The molecular formula is C15H23F2NO3S. The number of carbonyl (C=O) groups excluding carboxylic acids is 1. The second-order valence-corrected chi connectivity index (χ2v) is 7.55. The molecule has 2 N–H and O–H groups in total. The summed E-state index contributed by atoms with van der Waals surface area (Å²) >= 11 is 1.10. The van der Waals surface area contributed by atoms with Crippen molar-refractivity contribution >= 4 is 17.2 Å². The first kappa shape index (κ1) is 18.8. The average molecular weight is 335 g/mol. The predicted octanol–water partition coefficient (Wildman–Crippen LogP) is 3.43. The van der Waals surface area contributed by atoms with Gasteiger partial charge >= 0.3 is 6.61 Å². The molecule has 0 spiro atoms. The van der Waals surface area contributed by atoms with Crippen LogP contribution in [0.5, 0.6) is 5.75 Å². The summed E-state index contributed by atoms with van der Waals surface area (Å²) in [4.78, 5) is 13.0. The first-order chi connectivity index (χ1) is 10.0. The average Bonchev–Trinajstić information content (AvgIpc) is 2.75. The normalized spacial score (nSPS) is 13.5. The van der Waals surface area contributed by atoms with Crippen LogP contribution in [0.15, 0.2) is 6.07 Å². The number of hydrogen-bond donors (Lipinski definition) is 2. The Labute approximate surface area is 133 Å². The Bertz CT molecular complexity index is 515. The zero-order valence-electron chi connectivity index (χ0n) is 13.4. The number of aliphatic hydroxyl groups excluding tert-OH is 1. The van der Waals surface area contributed by atoms with Gasteiger partial charge in [-0.15, -0.1) is 11.3 Å². The number of halogens is 2. The van der Waals surface area contributed by atoms with E-state index < -0.39 is 24.0 Å². The van der Waals surface area contributed by atoms with E-state index >= 15 is 0 Å². The van der Waals surface area contributed by atoms with Crippen LogP contribution in [0.4, 0.5) is 8.78 Å². The Balaban J connectivity index is 2.78. The Hall–Kier alpha value is -1.21. The topological polar surface area (TPSA) is 58.6 Å². The summed E-state index contributed by atoms with van der Waals surface area (Å²) in [6, 6.07) is 1.42. The third-order valence-electron chi connectivity index (χ3n) is 3.38. The van der Waals surface area contributed by atoms with E-state index in [9.17, 15) is 18.7 Å². The minimum atomic E-state index is -2.97. The van der Waals surface area contributed by atoms with Gasteiger partial charge in [0.15, 0.2) is 0 Å². The van der Waals surface area contributed by atoms with Crippen LogP contribution in [0.3, 0.4) is 0 Å². The Morgan fingerprint density at radius 3 is 2.55 bits per heavy atom. The number of amides is 1. The molecule has 0 saturated heterocycles. The molecule has 1 unspecified atom stereocenters. The van der Waals surface area contributed by atoms with Crippen molar-refractivity contribution in [1.29, 1.82) is 0 Å². The van der Waals surface area contributed by atoms with Crippen LogP contribution in [0.25, 0.3) is 0 Å². The number of aryl methyl sites for hydroxylation is 1. The molecule has 22 heavy (non-hydrogen) atoms. The molecular weight excluding hydrogens is 312 g/mol. The van der Waals surface area contributed by atoms with Crippen LogP contribution in [0.2, 0.25) is 0 Å². The van der Waals surface area contributed by atoms with Crippen LogP contribution in [-0.2, 0) is 0 Å². The summed E-state index contributed by atoms with van der Waals surface area (Å²) in [6.45, 7) is 6.45. The minimum Gasteiger partial charge on any atom is -0.433 e. The number of thiophene rings is 1. The zero-order valence-corrected chi connectivity index (χ0v) is 14.3. The van der Waals surface area contributed by atoms with E-state index in [1.165, 1.54) is 6.07 Å². The highest BCUT2D eigenvalue weighted by molar-refractivity contribution is 7.14. The van der Waals surface area contributed by atoms with Crippen LogP contribution < -0.4 is 10.1 Å². The second-order valence-electron chi connectivity index (χ2n) is 6.29. The molecule has 1 heterocycles. The van der Waals surface area contributed by atoms with Crippen molar-refractivity contribution in [2.45, 2.75) is 47.3 Å². The first-order valence-corrected chi connectivity index (χ1v) is 7.87. The highest BCUT2D eigenvalue weighted by Gasteiger charge is 2.31. The van der Waals surface area contributed by atoms with Crippen LogP contribution >= 0.6 is 11.3 Å². The van der Waals surface area contributed by atoms with Gasteiger partial charge in [0.1, 0.15) is 10.6 Å². The van der Waals surface area contributed by atoms with E-state index in [2.05, 4.69) is 10.1 Å². The number of ether oxygens (including phenoxy) is 1. The van der Waals surface area contributed by atoms with Gasteiger partial charge in [-0.05, 0) is 18.9 Å². The highest BCUT2D eigenvalue weighted by Crippen LogP contribution is 2.31. The molecule has 1 aromatic heterocycles. The molecule has 7 heteroatoms. The SMILES string of the molecule is Cc1cc(OC(F)F)c(C(=O)NCC(C)(C)C(O)C(C)C)s1. The molecule has 0 fully saturated rings. The third-order valence-corrected chi connectivity index (χ3v) is 4.41. The minimum absolute atomic E-state index is 0.0496. The van der Waals surface area contributed by atoms with Crippen LogP contribution in [-0.4, -0.2) is 30.3 Å². The number of hydrogen-bond acceptors (Lipinski definition) is 4. The summed E-state index contributed by atoms with van der Waals surface area (Å²) in [6.07, 6.45) is -0.588. The van der Waals surface area contributed by atoms with Gasteiger partial charge in [0.2, 0.25) is 0 Å². The summed E-state index contributed by atoms with van der Waals surface area (Å²) in [5.74, 6) is -0.538. The van der Waals surface area contributed by atoms with E-state index in [1.807, 2.05) is 27.7 Å². The fourth-order valence-corrected chi connectivity index (χ4v) is 3.09. The van der Waals surface area contributed by atoms with Gasteiger partial charge in [-0.3, -0.25) is 4.79 Å². The van der Waals surface area contributed by atoms with Gasteiger partial charge in [-0.25, -0.2) is 0 Å². The molecule has 0 aliphatic carbocycles. The van der Waals surface area contributed by atoms with Crippen molar-refractivity contribution in [1.82, 2.24) is 5.32 Å². The summed E-state index contributed by atoms with van der Waals surface area (Å²) in [7, 11) is 0. The molecule has 1 rings (SSSR count). The molecule has 0 saturated carbocycles. The van der Waals surface area contributed by atoms with Crippen molar-refractivity contribution in [3.63, 3.8) is 0 Å². The lowest BCUT2D eigenvalue weighted by Gasteiger charge is -2.33. The van der Waals surface area contributed by atoms with Crippen molar-refractivity contribution < 1.29 is 23.4 Å². The Kier molecular flexibility index (Phi) is 6.31. The predicted molar refractivity (Wildman–Crippen MR) is 82.6 cm³/mol. The quantitative estimate of drug-likeness (QED) is 0.802. The van der Waals surface area contributed by atoms with Crippen molar-refractivity contribution in [3.8, 4) is 5.75 Å². The van der Waals surface area contributed by atoms with Crippen LogP contribution in [0.1, 0.15) is 42.2 Å². The Morgan fingerprint density at radius 2 is 2.05 bits per heavy atom. The summed E-state index contributed by atoms with van der Waals surface area (Å²) < 4.78 is 29.1. The van der Waals surface area contributed by atoms with Crippen molar-refractivity contribution in [3.05, 3.63) is 15.8 Å². The van der Waals surface area contributed by atoms with Crippen molar-refractivity contribution in [2.24, 2.45) is 11.3 Å². The van der Waals surface area contributed by atoms with E-state index in [4.69, 9.17) is 0 Å². The van der Waals surface area contributed by atoms with Crippen LogP contribution in [0, 0.1) is 18.3 Å². The molecule has 1 atom stereocenters. The molecule has 4 nitrogen and oxygen atoms in total. The molecule has 1 amide bonds.